The van der Waals surface area contributed by atoms with E-state index in [9.17, 15) is 8.78 Å². The number of benzene rings is 1. The summed E-state index contributed by atoms with van der Waals surface area (Å²) in [6.07, 6.45) is 0.977. The molecule has 0 spiro atoms. The Morgan fingerprint density at radius 2 is 2.00 bits per heavy atom. The van der Waals surface area contributed by atoms with Gasteiger partial charge in [-0.05, 0) is 30.9 Å². The summed E-state index contributed by atoms with van der Waals surface area (Å²) >= 11 is 0. The lowest BCUT2D eigenvalue weighted by Crippen LogP contribution is -1.90. The van der Waals surface area contributed by atoms with Crippen molar-refractivity contribution in [1.29, 1.82) is 0 Å². The zero-order valence-electron chi connectivity index (χ0n) is 8.76. The van der Waals surface area contributed by atoms with E-state index in [0.29, 0.717) is 18.4 Å². The molecular formula is C13H14F2. The van der Waals surface area contributed by atoms with Gasteiger partial charge in [-0.2, -0.15) is 8.78 Å². The highest BCUT2D eigenvalue weighted by Gasteiger charge is 2.10. The normalized spacial score (nSPS) is 9.80. The van der Waals surface area contributed by atoms with Crippen molar-refractivity contribution in [2.45, 2.75) is 19.8 Å². The minimum atomic E-state index is -1.59. The fourth-order valence-electron chi connectivity index (χ4n) is 1.49. The van der Waals surface area contributed by atoms with Crippen molar-refractivity contribution in [2.75, 3.05) is 0 Å². The lowest BCUT2D eigenvalue weighted by Gasteiger charge is -2.08. The molecule has 0 saturated carbocycles. The molecule has 0 amide bonds. The molecule has 0 radical (unpaired) electrons. The van der Waals surface area contributed by atoms with E-state index in [2.05, 4.69) is 6.58 Å². The molecule has 0 unspecified atom stereocenters. The van der Waals surface area contributed by atoms with Crippen molar-refractivity contribution < 1.29 is 8.78 Å². The zero-order valence-corrected chi connectivity index (χ0v) is 8.76. The molecule has 0 aliphatic heterocycles. The van der Waals surface area contributed by atoms with Gasteiger partial charge >= 0.3 is 0 Å². The number of aryl methyl sites for hydroxylation is 1. The summed E-state index contributed by atoms with van der Waals surface area (Å²) in [5.41, 5.74) is 1.65. The second-order valence-corrected chi connectivity index (χ2v) is 3.38. The highest BCUT2D eigenvalue weighted by atomic mass is 19.3. The summed E-state index contributed by atoms with van der Waals surface area (Å²) in [5, 5.41) is 0. The van der Waals surface area contributed by atoms with E-state index in [4.69, 9.17) is 0 Å². The van der Waals surface area contributed by atoms with Crippen LogP contribution in [0.1, 0.15) is 24.0 Å². The van der Waals surface area contributed by atoms with Gasteiger partial charge in [0.2, 0.25) is 0 Å². The minimum absolute atomic E-state index is 0.132. The summed E-state index contributed by atoms with van der Waals surface area (Å²) in [7, 11) is 0. The number of halogens is 2. The molecule has 0 saturated heterocycles. The average molecular weight is 208 g/mol. The van der Waals surface area contributed by atoms with Crippen LogP contribution in [0.4, 0.5) is 8.78 Å². The maximum atomic E-state index is 12.7. The monoisotopic (exact) mass is 208 g/mol. The molecule has 0 N–H and O–H groups in total. The first kappa shape index (κ1) is 11.6. The standard InChI is InChI=1S/C13H14F2/c1-3-4-8-12(13(14)15)11-9-6-5-7-10(11)2/h3,5-7,9H,1,4,8H2,2H3. The van der Waals surface area contributed by atoms with Crippen LogP contribution in [0.15, 0.2) is 43.0 Å². The van der Waals surface area contributed by atoms with Crippen LogP contribution in [0, 0.1) is 6.92 Å². The lowest BCUT2D eigenvalue weighted by molar-refractivity contribution is 0.423. The Morgan fingerprint density at radius 3 is 2.53 bits per heavy atom. The molecule has 0 aromatic heterocycles. The predicted molar refractivity (Wildman–Crippen MR) is 59.7 cm³/mol. The van der Waals surface area contributed by atoms with Crippen LogP contribution in [-0.4, -0.2) is 0 Å². The van der Waals surface area contributed by atoms with Gasteiger partial charge in [-0.3, -0.25) is 0 Å². The molecule has 0 atom stereocenters. The van der Waals surface area contributed by atoms with E-state index in [0.717, 1.165) is 5.56 Å². The van der Waals surface area contributed by atoms with E-state index in [1.54, 1.807) is 18.2 Å². The van der Waals surface area contributed by atoms with Crippen molar-refractivity contribution in [3.8, 4) is 0 Å². The van der Waals surface area contributed by atoms with Crippen molar-refractivity contribution in [2.24, 2.45) is 0 Å². The Bertz CT molecular complexity index is 374. The molecule has 0 heterocycles. The van der Waals surface area contributed by atoms with Gasteiger partial charge in [-0.15, -0.1) is 6.58 Å². The highest BCUT2D eigenvalue weighted by Crippen LogP contribution is 2.27. The smallest absolute Gasteiger partial charge is 0.173 e. The van der Waals surface area contributed by atoms with Crippen LogP contribution >= 0.6 is 0 Å². The molecule has 1 aromatic rings. The van der Waals surface area contributed by atoms with E-state index in [-0.39, 0.29) is 5.57 Å². The van der Waals surface area contributed by atoms with E-state index < -0.39 is 6.08 Å². The second-order valence-electron chi connectivity index (χ2n) is 3.38. The second kappa shape index (κ2) is 5.44. The van der Waals surface area contributed by atoms with Gasteiger partial charge < -0.3 is 0 Å². The Kier molecular flexibility index (Phi) is 4.22. The summed E-state index contributed by atoms with van der Waals surface area (Å²) in [5.74, 6) is 0. The summed E-state index contributed by atoms with van der Waals surface area (Å²) < 4.78 is 25.5. The summed E-state index contributed by atoms with van der Waals surface area (Å²) in [4.78, 5) is 0. The third kappa shape index (κ3) is 3.01. The number of hydrogen-bond donors (Lipinski definition) is 0. The van der Waals surface area contributed by atoms with Crippen LogP contribution in [0.25, 0.3) is 5.57 Å². The summed E-state index contributed by atoms with van der Waals surface area (Å²) in [6, 6.07) is 7.19. The quantitative estimate of drug-likeness (QED) is 0.636. The molecule has 1 rings (SSSR count). The zero-order chi connectivity index (χ0) is 11.3. The van der Waals surface area contributed by atoms with Crippen molar-refractivity contribution >= 4 is 5.57 Å². The Balaban J connectivity index is 3.06. The van der Waals surface area contributed by atoms with Gasteiger partial charge in [0.05, 0.1) is 0 Å². The van der Waals surface area contributed by atoms with Gasteiger partial charge in [0.15, 0.2) is 0 Å². The average Bonchev–Trinajstić information content (AvgIpc) is 2.20. The number of allylic oxidation sites excluding steroid dienone is 2. The van der Waals surface area contributed by atoms with Crippen LogP contribution in [0.5, 0.6) is 0 Å². The van der Waals surface area contributed by atoms with Crippen LogP contribution in [-0.2, 0) is 0 Å². The van der Waals surface area contributed by atoms with Gasteiger partial charge in [0.1, 0.15) is 0 Å². The fourth-order valence-corrected chi connectivity index (χ4v) is 1.49. The molecule has 15 heavy (non-hydrogen) atoms. The first-order valence-electron chi connectivity index (χ1n) is 4.88. The van der Waals surface area contributed by atoms with Crippen molar-refractivity contribution in [1.82, 2.24) is 0 Å². The Labute approximate surface area is 88.9 Å². The number of rotatable bonds is 4. The van der Waals surface area contributed by atoms with E-state index in [1.807, 2.05) is 19.1 Å². The van der Waals surface area contributed by atoms with E-state index in [1.165, 1.54) is 0 Å². The molecule has 0 nitrogen and oxygen atoms in total. The van der Waals surface area contributed by atoms with Gasteiger partial charge in [-0.1, -0.05) is 30.3 Å². The van der Waals surface area contributed by atoms with Crippen LogP contribution in [0.3, 0.4) is 0 Å². The minimum Gasteiger partial charge on any atom is -0.173 e. The molecular weight excluding hydrogens is 194 g/mol. The number of hydrogen-bond acceptors (Lipinski definition) is 0. The van der Waals surface area contributed by atoms with Crippen LogP contribution in [0.2, 0.25) is 0 Å². The summed E-state index contributed by atoms with van der Waals surface area (Å²) in [6.45, 7) is 5.38. The first-order chi connectivity index (χ1) is 7.16. The molecule has 0 aliphatic carbocycles. The SMILES string of the molecule is C=CCCC(=C(F)F)c1ccccc1C. The third-order valence-electron chi connectivity index (χ3n) is 2.30. The van der Waals surface area contributed by atoms with Gasteiger partial charge in [-0.25, -0.2) is 0 Å². The lowest BCUT2D eigenvalue weighted by atomic mass is 9.98. The first-order valence-corrected chi connectivity index (χ1v) is 4.88. The van der Waals surface area contributed by atoms with Gasteiger partial charge in [0, 0.05) is 5.57 Å². The molecule has 80 valence electrons. The highest BCUT2D eigenvalue weighted by molar-refractivity contribution is 5.68. The molecule has 2 heteroatoms. The molecule has 0 bridgehead atoms. The maximum Gasteiger partial charge on any atom is 0.274 e. The Hall–Kier alpha value is -1.44. The van der Waals surface area contributed by atoms with Crippen molar-refractivity contribution in [3.63, 3.8) is 0 Å². The van der Waals surface area contributed by atoms with E-state index >= 15 is 0 Å². The molecule has 0 fully saturated rings. The van der Waals surface area contributed by atoms with Crippen molar-refractivity contribution in [3.05, 3.63) is 54.1 Å². The molecule has 1 aromatic carbocycles. The predicted octanol–water partition coefficient (Wildman–Crippen LogP) is 4.57. The molecule has 0 aliphatic rings. The van der Waals surface area contributed by atoms with Crippen LogP contribution < -0.4 is 0 Å². The third-order valence-corrected chi connectivity index (χ3v) is 2.30. The maximum absolute atomic E-state index is 12.7. The fraction of sp³-hybridized carbons (Fsp3) is 0.231. The Morgan fingerprint density at radius 1 is 1.33 bits per heavy atom. The van der Waals surface area contributed by atoms with Gasteiger partial charge in [0.25, 0.3) is 6.08 Å². The largest absolute Gasteiger partial charge is 0.274 e. The topological polar surface area (TPSA) is 0 Å².